The quantitative estimate of drug-likeness (QED) is 0.0393. The zero-order chi connectivity index (χ0) is 86.5. The number of amides is 5. The van der Waals surface area contributed by atoms with Crippen molar-refractivity contribution >= 4 is 114 Å². The summed E-state index contributed by atoms with van der Waals surface area (Å²) in [4.78, 5) is 117. The third-order valence-corrected chi connectivity index (χ3v) is 18.2. The summed E-state index contributed by atoms with van der Waals surface area (Å²) in [5.74, 6) is -2.64. The number of benzene rings is 3. The van der Waals surface area contributed by atoms with Gasteiger partial charge in [-0.1, -0.05) is 18.2 Å². The number of nitrogens with zero attached hydrogens (tertiary/aromatic N) is 5. The van der Waals surface area contributed by atoms with Crippen LogP contribution in [-0.4, -0.2) is 216 Å². The van der Waals surface area contributed by atoms with E-state index in [1.807, 2.05) is 62.8 Å². The number of fused-ring (bicyclic) bond motifs is 7. The number of aromatic nitrogens is 3. The van der Waals surface area contributed by atoms with Gasteiger partial charge in [0.15, 0.2) is 0 Å². The molecule has 634 valence electrons. The van der Waals surface area contributed by atoms with Crippen LogP contribution in [0.5, 0.6) is 0 Å². The largest absolute Gasteiger partial charge is 0.478 e. The molecule has 2 saturated heterocycles. The van der Waals surface area contributed by atoms with Crippen LogP contribution in [0.2, 0.25) is 0 Å². The molecule has 2 fully saturated rings. The monoisotopic (exact) mass is 1640 g/mol. The van der Waals surface area contributed by atoms with Crippen molar-refractivity contribution in [2.75, 3.05) is 59.1 Å². The molecule has 8 atom stereocenters. The number of carboxylic acid groups (broad SMARTS) is 1. The molecule has 8 N–H and O–H groups in total. The minimum atomic E-state index is -3.95. The number of rotatable bonds is 14. The first-order chi connectivity index (χ1) is 52.7. The fourth-order valence-electron chi connectivity index (χ4n) is 10.9. The lowest BCUT2D eigenvalue weighted by molar-refractivity contribution is -0.155. The van der Waals surface area contributed by atoms with Crippen molar-refractivity contribution in [1.82, 2.24) is 38.3 Å². The molecule has 0 saturated carbocycles. The van der Waals surface area contributed by atoms with Crippen molar-refractivity contribution in [2.24, 2.45) is 5.73 Å². The predicted molar refractivity (Wildman–Crippen MR) is 425 cm³/mol. The van der Waals surface area contributed by atoms with Crippen LogP contribution in [0.3, 0.4) is 0 Å². The maximum absolute atomic E-state index is 12.5. The molecule has 5 amide bonds. The Morgan fingerprint density at radius 2 is 1.01 bits per heavy atom. The van der Waals surface area contributed by atoms with Gasteiger partial charge >= 0.3 is 58.4 Å². The Hall–Kier alpha value is -9.72. The summed E-state index contributed by atoms with van der Waals surface area (Å²) in [6, 6.07) is 20.7. The molecule has 3 aromatic carbocycles. The molecule has 0 spiro atoms. The summed E-state index contributed by atoms with van der Waals surface area (Å²) >= 11 is -1.70. The molecule has 34 nitrogen and oxygen atoms in total. The number of aliphatic hydroxyl groups excluding tert-OH is 2. The predicted octanol–water partition coefficient (Wildman–Crippen LogP) is 10.8. The topological polar surface area (TPSA) is 449 Å². The van der Waals surface area contributed by atoms with Crippen molar-refractivity contribution in [3.05, 3.63) is 107 Å². The van der Waals surface area contributed by atoms with Crippen molar-refractivity contribution in [1.29, 1.82) is 0 Å². The van der Waals surface area contributed by atoms with E-state index >= 15 is 0 Å². The van der Waals surface area contributed by atoms with Crippen molar-refractivity contribution in [3.63, 3.8) is 0 Å². The standard InChI is InChI=1S/C22H30N2O6.C15H16N2O3.C13H12N2O3.C9H18O3.C8H15NO5S.C8H15NO4S.C3H9NO/c1-7-28-19(25)16-10-9-15-11-18(20(26)29-8-2)24(17(15)12-16)14(3)13-23-21(27)30-22(4,5)6;1-3-20-15(19)11-5-4-10-6-13-14(18)16-8-9(2)17(13)12(10)7-11;1-7-6-14-12(16)11-4-8-2-3-9(13(17)18)5-10(8)15(7)11;1-7(10)5-6-8(11)12-9(2,3)4;1-6-5-9(15(11,12)14-6)7(10)13-8(2,3)4;1-6-5-9(14(11)13-6)7(10)12-8(2,3)4;1-3(5)2-4/h9-12,14H,7-8,13H2,1-6H3,(H,23,27);4-7,9H,3,8H2,1-2H3,(H,16,18);2-5,7H,6H2,1H3,(H,14,16)(H,17,18);7,10H,5-6H2,1-4H3;6H,5H2,1-4H3;6H,5H2,1-4H3;3,5H,2,4H2,1H3/t14-;9-;2*7-;6-;6-,14?;3-/m1110000/s1. The highest BCUT2D eigenvalue weighted by atomic mass is 32.2. The van der Waals surface area contributed by atoms with E-state index in [-0.39, 0.29) is 92.4 Å². The lowest BCUT2D eigenvalue weighted by atomic mass is 10.1. The summed E-state index contributed by atoms with van der Waals surface area (Å²) in [7, 11) is -3.95. The summed E-state index contributed by atoms with van der Waals surface area (Å²) in [5, 5.41) is 37.1. The van der Waals surface area contributed by atoms with Gasteiger partial charge in [-0.05, 0) is 213 Å². The minimum Gasteiger partial charge on any atom is -0.478 e. The van der Waals surface area contributed by atoms with E-state index in [2.05, 4.69) is 20.1 Å². The maximum atomic E-state index is 12.5. The minimum absolute atomic E-state index is 0.00273. The first-order valence-corrected chi connectivity index (χ1v) is 39.7. The summed E-state index contributed by atoms with van der Waals surface area (Å²) < 4.78 is 86.2. The number of aliphatic hydroxyl groups is 2. The van der Waals surface area contributed by atoms with Crippen LogP contribution in [0.25, 0.3) is 32.7 Å². The van der Waals surface area contributed by atoms with E-state index in [4.69, 9.17) is 58.4 Å². The molecule has 1 unspecified atom stereocenters. The van der Waals surface area contributed by atoms with Crippen LogP contribution in [-0.2, 0) is 67.9 Å². The number of nitrogens with one attached hydrogen (secondary N) is 3. The average molecular weight is 1640 g/mol. The average Bonchev–Trinajstić information content (AvgIpc) is 1.62. The smallest absolute Gasteiger partial charge is 0.425 e. The highest BCUT2D eigenvalue weighted by Gasteiger charge is 2.41. The summed E-state index contributed by atoms with van der Waals surface area (Å²) in [5.41, 5.74) is 7.65. The molecule has 4 aliphatic heterocycles. The van der Waals surface area contributed by atoms with Gasteiger partial charge in [-0.15, -0.1) is 0 Å². The Morgan fingerprint density at radius 1 is 0.588 bits per heavy atom. The van der Waals surface area contributed by atoms with E-state index in [1.54, 1.807) is 176 Å². The van der Waals surface area contributed by atoms with Crippen LogP contribution in [0.15, 0.2) is 72.8 Å². The van der Waals surface area contributed by atoms with Crippen LogP contribution in [0.1, 0.15) is 246 Å². The number of ether oxygens (including phenoxy) is 7. The first kappa shape index (κ1) is 96.6. The van der Waals surface area contributed by atoms with Gasteiger partial charge in [0.1, 0.15) is 39.5 Å². The Balaban J connectivity index is 0.000000292. The fourth-order valence-corrected chi connectivity index (χ4v) is 13.0. The number of hydrogen-bond donors (Lipinski definition) is 7. The Labute approximate surface area is 668 Å². The molecule has 7 heterocycles. The Bertz CT molecular complexity index is 4500. The number of carbonyl (C=O) groups excluding carboxylic acids is 9. The van der Waals surface area contributed by atoms with Crippen LogP contribution in [0, 0.1) is 0 Å². The second kappa shape index (κ2) is 42.1. The van der Waals surface area contributed by atoms with Crippen molar-refractivity contribution < 1.29 is 117 Å². The van der Waals surface area contributed by atoms with Crippen molar-refractivity contribution in [3.8, 4) is 0 Å². The second-order valence-electron chi connectivity index (χ2n) is 30.9. The molecule has 36 heteroatoms. The molecule has 4 aliphatic rings. The Morgan fingerprint density at radius 3 is 1.40 bits per heavy atom. The number of carbonyl (C=O) groups is 10. The molecule has 6 aromatic rings. The number of hydrogen-bond acceptors (Lipinski definition) is 25. The van der Waals surface area contributed by atoms with Gasteiger partial charge in [0.05, 0.1) is 74.0 Å². The fraction of sp³-hybridized carbons (Fsp3) is 0.564. The number of esters is 4. The zero-order valence-corrected chi connectivity index (χ0v) is 70.8. The van der Waals surface area contributed by atoms with Gasteiger partial charge in [-0.2, -0.15) is 12.7 Å². The van der Waals surface area contributed by atoms with E-state index in [1.165, 1.54) is 0 Å². The van der Waals surface area contributed by atoms with E-state index in [0.717, 1.165) is 31.5 Å². The normalized spacial score (nSPS) is 18.2. The Kier molecular flexibility index (Phi) is 35.7. The number of nitrogens with two attached hydrogens (primary N) is 1. The van der Waals surface area contributed by atoms with Gasteiger partial charge in [0, 0.05) is 83.4 Å². The van der Waals surface area contributed by atoms with Gasteiger partial charge < -0.3 is 83.9 Å². The lowest BCUT2D eigenvalue weighted by Gasteiger charge is -2.24. The molecular formula is C78H115N9O25S2. The van der Waals surface area contributed by atoms with Gasteiger partial charge in [0.25, 0.3) is 23.1 Å². The second-order valence-corrected chi connectivity index (χ2v) is 33.5. The van der Waals surface area contributed by atoms with Gasteiger partial charge in [-0.25, -0.2) is 46.3 Å². The third-order valence-electron chi connectivity index (χ3n) is 15.7. The maximum Gasteiger partial charge on any atom is 0.425 e. The van der Waals surface area contributed by atoms with Crippen molar-refractivity contribution in [2.45, 2.75) is 230 Å². The van der Waals surface area contributed by atoms with E-state index < -0.39 is 92.4 Å². The lowest BCUT2D eigenvalue weighted by Crippen LogP contribution is -2.37. The zero-order valence-electron chi connectivity index (χ0n) is 69.2. The van der Waals surface area contributed by atoms with Crippen LogP contribution < -0.4 is 21.7 Å². The van der Waals surface area contributed by atoms with Gasteiger partial charge in [-0.3, -0.25) is 18.6 Å². The summed E-state index contributed by atoms with van der Waals surface area (Å²) in [6.07, 6.45) is -2.79. The van der Waals surface area contributed by atoms with Gasteiger partial charge in [0.2, 0.25) is 0 Å². The molecule has 0 aliphatic carbocycles. The number of carboxylic acids is 1. The molecular weight excluding hydrogens is 1530 g/mol. The SMILES string of the molecule is CCOC(=O)c1ccc2cc(C(=O)OCC)n([C@H](C)CNC(=O)OC(C)(C)C)c2c1.CCOC(=O)c1ccc2cc3n(c2c1)[C@H](C)CNC3=O.C[C@@H]1CNC(=O)c2cc3ccc(C(=O)O)cc3n21.C[C@H](O)CCC(=O)OC(C)(C)C.C[C@H](O)CN.C[C@H]1CN(C(=O)OC(C)(C)C)S(=O)(=O)O1.C[C@H]1CN(C(=O)OC(C)(C)C)S(=O)O1. The number of aromatic carboxylic acids is 1. The molecule has 0 bridgehead atoms. The molecule has 0 radical (unpaired) electrons. The van der Waals surface area contributed by atoms with E-state index in [0.29, 0.717) is 77.2 Å². The van der Waals surface area contributed by atoms with Crippen LogP contribution >= 0.6 is 0 Å². The molecule has 114 heavy (non-hydrogen) atoms. The molecule has 3 aromatic heterocycles. The van der Waals surface area contributed by atoms with E-state index in [9.17, 15) is 60.6 Å². The first-order valence-electron chi connectivity index (χ1n) is 37.3. The highest BCUT2D eigenvalue weighted by molar-refractivity contribution is 7.85. The summed E-state index contributed by atoms with van der Waals surface area (Å²) in [6.45, 7) is 41.8. The number of alkyl carbamates (subject to hydrolysis) is 1. The van der Waals surface area contributed by atoms with Crippen LogP contribution in [0.4, 0.5) is 14.4 Å². The third kappa shape index (κ3) is 29.9. The molecule has 10 rings (SSSR count). The highest BCUT2D eigenvalue weighted by Crippen LogP contribution is 2.31.